The molecule has 4 rings (SSSR count). The second kappa shape index (κ2) is 14.2. The minimum Gasteiger partial charge on any atom is -0.391 e. The number of hydrogen-bond acceptors (Lipinski definition) is 5. The highest BCUT2D eigenvalue weighted by molar-refractivity contribution is 8.01. The molecule has 0 spiro atoms. The summed E-state index contributed by atoms with van der Waals surface area (Å²) in [5.41, 5.74) is 9.45. The van der Waals surface area contributed by atoms with E-state index in [0.717, 1.165) is 31.7 Å². The maximum atomic E-state index is 4.50. The van der Waals surface area contributed by atoms with Gasteiger partial charge in [0.05, 0.1) is 5.69 Å². The number of nitrogens with two attached hydrogens (primary N) is 1. The van der Waals surface area contributed by atoms with Crippen LogP contribution in [0.5, 0.6) is 0 Å². The van der Waals surface area contributed by atoms with Crippen LogP contribution in [0.1, 0.15) is 18.2 Å². The van der Waals surface area contributed by atoms with Crippen molar-refractivity contribution in [2.24, 2.45) is 5.73 Å². The first-order valence-electron chi connectivity index (χ1n) is 11.0. The van der Waals surface area contributed by atoms with Crippen LogP contribution in [-0.4, -0.2) is 39.3 Å². The highest BCUT2D eigenvalue weighted by atomic mass is 32.2. The average Bonchev–Trinajstić information content (AvgIpc) is 3.58. The van der Waals surface area contributed by atoms with E-state index in [-0.39, 0.29) is 0 Å². The Labute approximate surface area is 202 Å². The summed E-state index contributed by atoms with van der Waals surface area (Å²) < 4.78 is 6.71. The molecule has 0 saturated heterocycles. The average molecular weight is 465 g/mol. The van der Waals surface area contributed by atoms with Crippen LogP contribution in [0.2, 0.25) is 0 Å². The number of hydrogen-bond donors (Lipinski definition) is 2. The van der Waals surface area contributed by atoms with Gasteiger partial charge in [-0.05, 0) is 68.2 Å². The van der Waals surface area contributed by atoms with Crippen molar-refractivity contribution in [1.29, 1.82) is 0 Å². The van der Waals surface area contributed by atoms with Gasteiger partial charge in [-0.3, -0.25) is 0 Å². The van der Waals surface area contributed by atoms with Gasteiger partial charge in [0, 0.05) is 61.6 Å². The molecule has 7 heteroatoms. The van der Waals surface area contributed by atoms with Crippen LogP contribution in [0, 0.1) is 0 Å². The Morgan fingerprint density at radius 3 is 2.64 bits per heavy atom. The maximum Gasteiger partial charge on any atom is 0.0680 e. The van der Waals surface area contributed by atoms with Crippen molar-refractivity contribution in [2.45, 2.75) is 26.4 Å². The normalized spacial score (nSPS) is 13.8. The summed E-state index contributed by atoms with van der Waals surface area (Å²) >= 11 is 1.84. The molecule has 1 aliphatic rings. The van der Waals surface area contributed by atoms with E-state index < -0.39 is 0 Å². The molecule has 1 aromatic carbocycles. The first-order chi connectivity index (χ1) is 16.2. The third-order valence-corrected chi connectivity index (χ3v) is 6.38. The molecule has 3 N–H and O–H groups in total. The summed E-state index contributed by atoms with van der Waals surface area (Å²) in [4.78, 5) is 1.25. The second-order valence-electron chi connectivity index (χ2n) is 7.07. The number of nitrogens with one attached hydrogen (secondary N) is 1. The highest BCUT2D eigenvalue weighted by Crippen LogP contribution is 2.29. The van der Waals surface area contributed by atoms with Gasteiger partial charge in [0.1, 0.15) is 0 Å². The molecule has 176 valence electrons. The van der Waals surface area contributed by atoms with Crippen molar-refractivity contribution in [3.63, 3.8) is 0 Å². The van der Waals surface area contributed by atoms with Gasteiger partial charge in [-0.25, -0.2) is 8.99 Å². The van der Waals surface area contributed by atoms with Crippen LogP contribution in [0.3, 0.4) is 0 Å². The summed E-state index contributed by atoms with van der Waals surface area (Å²) in [6.45, 7) is 11.2. The first-order valence-corrected chi connectivity index (χ1v) is 11.8. The third kappa shape index (κ3) is 7.25. The van der Waals surface area contributed by atoms with Gasteiger partial charge < -0.3 is 15.6 Å². The Kier molecular flexibility index (Phi) is 11.3. The lowest BCUT2D eigenvalue weighted by Crippen LogP contribution is -2.28. The number of aromatic nitrogens is 3. The fourth-order valence-electron chi connectivity index (χ4n) is 3.47. The molecular formula is C26H36N6S. The predicted molar refractivity (Wildman–Crippen MR) is 142 cm³/mol. The van der Waals surface area contributed by atoms with Crippen molar-refractivity contribution in [2.75, 3.05) is 20.6 Å². The monoisotopic (exact) mass is 464 g/mol. The van der Waals surface area contributed by atoms with Crippen LogP contribution >= 0.6 is 11.9 Å². The third-order valence-electron chi connectivity index (χ3n) is 5.17. The quantitative estimate of drug-likeness (QED) is 0.300. The topological polar surface area (TPSA) is 64.0 Å². The van der Waals surface area contributed by atoms with E-state index in [9.17, 15) is 0 Å². The molecule has 0 saturated carbocycles. The standard InChI is InChI=1S/C23H27N5S.C2H4.CH5N/c1-19(24-2)23(29-27-17-16-26-14-6-10-21(26)18-27)12-5-9-20-8-3-4-11-22(20)28-15-7-13-25-28;2*1-2/h3-8,10-15,24H,9,16-18H2,1-2H3;1-2H2;2H2,1H3/b12-5+,23-19+;;. The number of rotatable bonds is 7. The second-order valence-corrected chi connectivity index (χ2v) is 8.21. The minimum absolute atomic E-state index is 0.861. The zero-order valence-electron chi connectivity index (χ0n) is 19.9. The minimum atomic E-state index is 0.861. The maximum absolute atomic E-state index is 4.50. The first kappa shape index (κ1) is 26.3. The molecule has 0 unspecified atom stereocenters. The molecule has 6 nitrogen and oxygen atoms in total. The van der Waals surface area contributed by atoms with E-state index in [2.05, 4.69) is 99.9 Å². The molecule has 0 aliphatic carbocycles. The summed E-state index contributed by atoms with van der Waals surface area (Å²) in [6, 6.07) is 14.7. The fourth-order valence-corrected chi connectivity index (χ4v) is 4.51. The molecular weight excluding hydrogens is 428 g/mol. The van der Waals surface area contributed by atoms with Crippen molar-refractivity contribution < 1.29 is 0 Å². The lowest BCUT2D eigenvalue weighted by atomic mass is 10.1. The van der Waals surface area contributed by atoms with Crippen LogP contribution < -0.4 is 11.1 Å². The Morgan fingerprint density at radius 1 is 1.12 bits per heavy atom. The molecule has 0 bridgehead atoms. The molecule has 2 aromatic heterocycles. The largest absolute Gasteiger partial charge is 0.391 e. The Balaban J connectivity index is 0.000000914. The summed E-state index contributed by atoms with van der Waals surface area (Å²) in [6.07, 6.45) is 11.3. The lowest BCUT2D eigenvalue weighted by molar-refractivity contribution is 0.377. The number of para-hydroxylation sites is 1. The molecule has 0 amide bonds. The lowest BCUT2D eigenvalue weighted by Gasteiger charge is -2.28. The fraction of sp³-hybridized carbons (Fsp3) is 0.269. The van der Waals surface area contributed by atoms with E-state index in [1.165, 1.54) is 28.9 Å². The van der Waals surface area contributed by atoms with Crippen molar-refractivity contribution >= 4 is 11.9 Å². The van der Waals surface area contributed by atoms with Crippen molar-refractivity contribution in [3.8, 4) is 5.69 Å². The van der Waals surface area contributed by atoms with Gasteiger partial charge in [0.25, 0.3) is 0 Å². The molecule has 1 aliphatic heterocycles. The van der Waals surface area contributed by atoms with Crippen molar-refractivity contribution in [3.05, 3.63) is 108 Å². The molecule has 3 heterocycles. The Hall–Kier alpha value is -3.00. The molecule has 0 radical (unpaired) electrons. The molecule has 0 atom stereocenters. The number of benzene rings is 1. The number of nitrogens with zero attached hydrogens (tertiary/aromatic N) is 4. The van der Waals surface area contributed by atoms with Crippen LogP contribution in [0.15, 0.2) is 97.0 Å². The summed E-state index contributed by atoms with van der Waals surface area (Å²) in [5.74, 6) is 0. The van der Waals surface area contributed by atoms with Crippen LogP contribution in [0.4, 0.5) is 0 Å². The molecule has 3 aromatic rings. The number of allylic oxidation sites excluding steroid dienone is 3. The molecule has 33 heavy (non-hydrogen) atoms. The van der Waals surface area contributed by atoms with E-state index in [1.807, 2.05) is 42.1 Å². The van der Waals surface area contributed by atoms with Gasteiger partial charge >= 0.3 is 0 Å². The Bertz CT molecular complexity index is 1020. The van der Waals surface area contributed by atoms with E-state index >= 15 is 0 Å². The smallest absolute Gasteiger partial charge is 0.0680 e. The van der Waals surface area contributed by atoms with Gasteiger partial charge in [0.2, 0.25) is 0 Å². The zero-order chi connectivity index (χ0) is 24.1. The van der Waals surface area contributed by atoms with E-state index in [0.29, 0.717) is 0 Å². The zero-order valence-corrected chi connectivity index (χ0v) is 20.8. The SMILES string of the molecule is C=C.CN.CN/C(C)=C(\C=C\Cc1ccccc1-n1cccn1)SN1CCn2cccc2C1. The van der Waals surface area contributed by atoms with Crippen molar-refractivity contribution in [1.82, 2.24) is 24.0 Å². The molecule has 0 fully saturated rings. The van der Waals surface area contributed by atoms with E-state index in [1.54, 1.807) is 0 Å². The van der Waals surface area contributed by atoms with Gasteiger partial charge in [-0.15, -0.1) is 13.2 Å². The van der Waals surface area contributed by atoms with Crippen LogP contribution in [-0.2, 0) is 19.5 Å². The van der Waals surface area contributed by atoms with Gasteiger partial charge in [-0.1, -0.05) is 24.3 Å². The predicted octanol–water partition coefficient (Wildman–Crippen LogP) is 4.76. The van der Waals surface area contributed by atoms with Gasteiger partial charge in [0.15, 0.2) is 0 Å². The van der Waals surface area contributed by atoms with Crippen LogP contribution in [0.25, 0.3) is 5.69 Å². The Morgan fingerprint density at radius 2 is 1.91 bits per heavy atom. The summed E-state index contributed by atoms with van der Waals surface area (Å²) in [5, 5.41) is 7.70. The van der Waals surface area contributed by atoms with Gasteiger partial charge in [-0.2, -0.15) is 5.10 Å². The van der Waals surface area contributed by atoms with E-state index in [4.69, 9.17) is 0 Å². The summed E-state index contributed by atoms with van der Waals surface area (Å²) in [7, 11) is 3.48. The highest BCUT2D eigenvalue weighted by Gasteiger charge is 2.17. The number of fused-ring (bicyclic) bond motifs is 1.